The summed E-state index contributed by atoms with van der Waals surface area (Å²) < 4.78 is 11.0. The summed E-state index contributed by atoms with van der Waals surface area (Å²) in [6, 6.07) is 9.82. The standard InChI is InChI=1S/C16H21N3O3/c17-19-18-14-7-4-8-16(20)22-15(11-14)9-10-21-12-13-5-2-1-3-6-13/h1-3,5-6,14-15H,4,7-12H2/t14-,15+/m0/s1. The number of azide groups is 1. The van der Waals surface area contributed by atoms with Crippen LogP contribution in [0, 0.1) is 0 Å². The Morgan fingerprint density at radius 3 is 2.95 bits per heavy atom. The molecule has 1 aromatic carbocycles. The second-order valence-corrected chi connectivity index (χ2v) is 5.43. The van der Waals surface area contributed by atoms with E-state index in [1.165, 1.54) is 0 Å². The van der Waals surface area contributed by atoms with E-state index >= 15 is 0 Å². The Morgan fingerprint density at radius 1 is 1.36 bits per heavy atom. The fourth-order valence-electron chi connectivity index (χ4n) is 2.53. The van der Waals surface area contributed by atoms with Crippen molar-refractivity contribution in [1.29, 1.82) is 0 Å². The van der Waals surface area contributed by atoms with E-state index in [9.17, 15) is 4.79 Å². The first-order chi connectivity index (χ1) is 10.8. The zero-order chi connectivity index (χ0) is 15.6. The minimum Gasteiger partial charge on any atom is -0.462 e. The normalized spacial score (nSPS) is 22.1. The molecule has 1 aliphatic rings. The van der Waals surface area contributed by atoms with Crippen LogP contribution in [-0.2, 0) is 20.9 Å². The van der Waals surface area contributed by atoms with Gasteiger partial charge < -0.3 is 9.47 Å². The van der Waals surface area contributed by atoms with Gasteiger partial charge in [-0.1, -0.05) is 35.4 Å². The van der Waals surface area contributed by atoms with Crippen LogP contribution in [0.4, 0.5) is 0 Å². The molecule has 1 aliphatic heterocycles. The van der Waals surface area contributed by atoms with Crippen LogP contribution in [-0.4, -0.2) is 24.7 Å². The molecule has 0 unspecified atom stereocenters. The number of ether oxygens (including phenoxy) is 2. The minimum absolute atomic E-state index is 0.0998. The summed E-state index contributed by atoms with van der Waals surface area (Å²) in [4.78, 5) is 14.5. The number of nitrogens with zero attached hydrogens (tertiary/aromatic N) is 3. The van der Waals surface area contributed by atoms with Crippen molar-refractivity contribution in [1.82, 2.24) is 0 Å². The van der Waals surface area contributed by atoms with Gasteiger partial charge in [0.05, 0.1) is 13.2 Å². The summed E-state index contributed by atoms with van der Waals surface area (Å²) in [5.74, 6) is -0.174. The van der Waals surface area contributed by atoms with Gasteiger partial charge >= 0.3 is 5.97 Å². The lowest BCUT2D eigenvalue weighted by molar-refractivity contribution is -0.151. The lowest BCUT2D eigenvalue weighted by atomic mass is 10.0. The number of cyclic esters (lactones) is 1. The molecule has 0 radical (unpaired) electrons. The molecule has 0 aliphatic carbocycles. The fourth-order valence-corrected chi connectivity index (χ4v) is 2.53. The Hall–Kier alpha value is -2.04. The highest BCUT2D eigenvalue weighted by molar-refractivity contribution is 5.69. The predicted octanol–water partition coefficient (Wildman–Crippen LogP) is 3.76. The van der Waals surface area contributed by atoms with Gasteiger partial charge in [0.2, 0.25) is 0 Å². The molecule has 22 heavy (non-hydrogen) atoms. The summed E-state index contributed by atoms with van der Waals surface area (Å²) in [7, 11) is 0. The number of carbonyl (C=O) groups excluding carboxylic acids is 1. The zero-order valence-corrected chi connectivity index (χ0v) is 12.6. The molecule has 1 heterocycles. The fraction of sp³-hybridized carbons (Fsp3) is 0.562. The number of rotatable bonds is 6. The number of esters is 1. The highest BCUT2D eigenvalue weighted by atomic mass is 16.5. The topological polar surface area (TPSA) is 84.3 Å². The Balaban J connectivity index is 1.77. The van der Waals surface area contributed by atoms with Crippen molar-refractivity contribution in [3.05, 3.63) is 46.3 Å². The van der Waals surface area contributed by atoms with E-state index < -0.39 is 0 Å². The second kappa shape index (κ2) is 9.07. The van der Waals surface area contributed by atoms with Crippen molar-refractivity contribution in [2.24, 2.45) is 5.11 Å². The van der Waals surface area contributed by atoms with Crippen LogP contribution >= 0.6 is 0 Å². The molecule has 2 rings (SSSR count). The summed E-state index contributed by atoms with van der Waals surface area (Å²) in [6.07, 6.45) is 2.79. The first-order valence-corrected chi connectivity index (χ1v) is 7.63. The van der Waals surface area contributed by atoms with E-state index in [1.807, 2.05) is 30.3 Å². The van der Waals surface area contributed by atoms with E-state index in [0.29, 0.717) is 38.9 Å². The van der Waals surface area contributed by atoms with Gasteiger partial charge in [0, 0.05) is 23.8 Å². The molecule has 0 bridgehead atoms. The van der Waals surface area contributed by atoms with Gasteiger partial charge in [-0.2, -0.15) is 0 Å². The number of hydrogen-bond donors (Lipinski definition) is 0. The van der Waals surface area contributed by atoms with Crippen LogP contribution in [0.5, 0.6) is 0 Å². The van der Waals surface area contributed by atoms with Crippen molar-refractivity contribution in [2.75, 3.05) is 6.61 Å². The molecule has 0 spiro atoms. The van der Waals surface area contributed by atoms with Gasteiger partial charge in [0.25, 0.3) is 0 Å². The van der Waals surface area contributed by atoms with Gasteiger partial charge in [0.15, 0.2) is 0 Å². The summed E-state index contributed by atoms with van der Waals surface area (Å²) in [6.45, 7) is 1.05. The van der Waals surface area contributed by atoms with Crippen molar-refractivity contribution in [3.63, 3.8) is 0 Å². The lowest BCUT2D eigenvalue weighted by Crippen LogP contribution is -2.27. The van der Waals surface area contributed by atoms with E-state index in [4.69, 9.17) is 15.0 Å². The van der Waals surface area contributed by atoms with E-state index in [-0.39, 0.29) is 18.1 Å². The predicted molar refractivity (Wildman–Crippen MR) is 82.0 cm³/mol. The third-order valence-corrected chi connectivity index (χ3v) is 3.66. The van der Waals surface area contributed by atoms with Crippen LogP contribution in [0.25, 0.3) is 10.4 Å². The van der Waals surface area contributed by atoms with Crippen LogP contribution in [0.3, 0.4) is 0 Å². The molecular weight excluding hydrogens is 282 g/mol. The largest absolute Gasteiger partial charge is 0.462 e. The third kappa shape index (κ3) is 5.76. The van der Waals surface area contributed by atoms with Crippen LogP contribution in [0.1, 0.15) is 37.7 Å². The third-order valence-electron chi connectivity index (χ3n) is 3.66. The molecule has 0 amide bonds. The number of carbonyl (C=O) groups is 1. The first kappa shape index (κ1) is 16.3. The number of benzene rings is 1. The highest BCUT2D eigenvalue weighted by Gasteiger charge is 2.22. The SMILES string of the molecule is [N-]=[N+]=N[C@H]1CCCC(=O)O[C@H](CCOCc2ccccc2)C1. The van der Waals surface area contributed by atoms with Gasteiger partial charge in [-0.3, -0.25) is 4.79 Å². The maximum atomic E-state index is 11.6. The molecule has 0 aromatic heterocycles. The van der Waals surface area contributed by atoms with Crippen LogP contribution < -0.4 is 0 Å². The molecule has 0 saturated carbocycles. The Kier molecular flexibility index (Phi) is 6.74. The smallest absolute Gasteiger partial charge is 0.306 e. The quantitative estimate of drug-likeness (QED) is 0.264. The molecule has 1 fully saturated rings. The summed E-state index contributed by atoms with van der Waals surface area (Å²) in [5, 5.41) is 3.78. The maximum Gasteiger partial charge on any atom is 0.306 e. The Bertz CT molecular complexity index is 515. The van der Waals surface area contributed by atoms with Gasteiger partial charge in [-0.15, -0.1) is 0 Å². The van der Waals surface area contributed by atoms with Gasteiger partial charge in [-0.25, -0.2) is 0 Å². The van der Waals surface area contributed by atoms with Crippen molar-refractivity contribution < 1.29 is 14.3 Å². The molecule has 6 heteroatoms. The molecule has 2 atom stereocenters. The summed E-state index contributed by atoms with van der Waals surface area (Å²) in [5.41, 5.74) is 9.70. The van der Waals surface area contributed by atoms with Gasteiger partial charge in [0.1, 0.15) is 6.10 Å². The first-order valence-electron chi connectivity index (χ1n) is 7.63. The van der Waals surface area contributed by atoms with E-state index in [2.05, 4.69) is 10.0 Å². The average Bonchev–Trinajstić information content (AvgIpc) is 2.50. The molecule has 1 saturated heterocycles. The van der Waals surface area contributed by atoms with Crippen molar-refractivity contribution in [2.45, 2.75) is 50.9 Å². The van der Waals surface area contributed by atoms with Crippen LogP contribution in [0.2, 0.25) is 0 Å². The van der Waals surface area contributed by atoms with E-state index in [1.54, 1.807) is 0 Å². The number of hydrogen-bond acceptors (Lipinski definition) is 4. The highest BCUT2D eigenvalue weighted by Crippen LogP contribution is 2.20. The lowest BCUT2D eigenvalue weighted by Gasteiger charge is -2.24. The van der Waals surface area contributed by atoms with Crippen molar-refractivity contribution >= 4 is 5.97 Å². The summed E-state index contributed by atoms with van der Waals surface area (Å²) >= 11 is 0. The van der Waals surface area contributed by atoms with Crippen LogP contribution in [0.15, 0.2) is 35.4 Å². The second-order valence-electron chi connectivity index (χ2n) is 5.43. The Morgan fingerprint density at radius 2 is 2.18 bits per heavy atom. The molecular formula is C16H21N3O3. The monoisotopic (exact) mass is 303 g/mol. The van der Waals surface area contributed by atoms with Gasteiger partial charge in [-0.05, 0) is 30.4 Å². The molecule has 6 nitrogen and oxygen atoms in total. The maximum absolute atomic E-state index is 11.6. The zero-order valence-electron chi connectivity index (χ0n) is 12.6. The van der Waals surface area contributed by atoms with Crippen molar-refractivity contribution in [3.8, 4) is 0 Å². The molecule has 118 valence electrons. The average molecular weight is 303 g/mol. The minimum atomic E-state index is -0.237. The molecule has 1 aromatic rings. The molecule has 0 N–H and O–H groups in total. The Labute approximate surface area is 130 Å². The van der Waals surface area contributed by atoms with E-state index in [0.717, 1.165) is 12.0 Å².